The number of aromatic nitrogens is 1. The second-order valence-corrected chi connectivity index (χ2v) is 6.79. The Balaban J connectivity index is 1.46. The summed E-state index contributed by atoms with van der Waals surface area (Å²) in [5, 5.41) is 0.730. The van der Waals surface area contributed by atoms with E-state index < -0.39 is 0 Å². The first-order valence-electron chi connectivity index (χ1n) is 8.48. The minimum absolute atomic E-state index is 0.178. The van der Waals surface area contributed by atoms with Gasteiger partial charge in [-0.2, -0.15) is 0 Å². The quantitative estimate of drug-likeness (QED) is 0.823. The van der Waals surface area contributed by atoms with E-state index in [1.54, 1.807) is 6.20 Å². The Morgan fingerprint density at radius 3 is 2.48 bits per heavy atom. The van der Waals surface area contributed by atoms with Crippen LogP contribution >= 0.6 is 11.6 Å². The van der Waals surface area contributed by atoms with Crippen LogP contribution in [0.1, 0.15) is 5.56 Å². The molecule has 1 aromatic heterocycles. The molecule has 1 aliphatic heterocycles. The van der Waals surface area contributed by atoms with E-state index >= 15 is 0 Å². The molecule has 2 heterocycles. The van der Waals surface area contributed by atoms with Crippen LogP contribution in [0.3, 0.4) is 0 Å². The first-order valence-corrected chi connectivity index (χ1v) is 8.86. The summed E-state index contributed by atoms with van der Waals surface area (Å²) in [5.74, 6) is 1.16. The van der Waals surface area contributed by atoms with Gasteiger partial charge < -0.3 is 9.80 Å². The number of carbonyl (C=O) groups excluding carboxylic acids is 1. The van der Waals surface area contributed by atoms with Gasteiger partial charge in [-0.15, -0.1) is 0 Å². The molecule has 0 bridgehead atoms. The van der Waals surface area contributed by atoms with Crippen LogP contribution in [0.5, 0.6) is 0 Å². The van der Waals surface area contributed by atoms with Gasteiger partial charge in [-0.3, -0.25) is 9.69 Å². The number of amides is 1. The van der Waals surface area contributed by atoms with Crippen LogP contribution in [0.2, 0.25) is 5.02 Å². The van der Waals surface area contributed by atoms with Crippen LogP contribution in [0, 0.1) is 0 Å². The number of hydrogen-bond acceptors (Lipinski definition) is 4. The third-order valence-corrected chi connectivity index (χ3v) is 4.63. The Bertz CT molecular complexity index is 684. The van der Waals surface area contributed by atoms with Crippen molar-refractivity contribution < 1.29 is 4.79 Å². The lowest BCUT2D eigenvalue weighted by Crippen LogP contribution is -2.51. The maximum Gasteiger partial charge on any atom is 0.236 e. The van der Waals surface area contributed by atoms with Gasteiger partial charge in [-0.05, 0) is 36.9 Å². The molecule has 3 rings (SSSR count). The lowest BCUT2D eigenvalue weighted by Gasteiger charge is -2.36. The Hall–Kier alpha value is -2.11. The number of likely N-dealkylation sites (N-methyl/N-ethyl adjacent to an activating group) is 1. The minimum Gasteiger partial charge on any atom is -0.353 e. The molecule has 132 valence electrons. The van der Waals surface area contributed by atoms with E-state index in [9.17, 15) is 4.79 Å². The largest absolute Gasteiger partial charge is 0.353 e. The molecule has 0 N–H and O–H groups in total. The molecule has 0 atom stereocenters. The second-order valence-electron chi connectivity index (χ2n) is 6.35. The number of nitrogens with zero attached hydrogens (tertiary/aromatic N) is 4. The smallest absolute Gasteiger partial charge is 0.236 e. The molecular weight excluding hydrogens is 336 g/mol. The second kappa shape index (κ2) is 8.32. The molecular formula is C19H23ClN4O. The number of hydrogen-bond donors (Lipinski definition) is 0. The molecule has 5 nitrogen and oxygen atoms in total. The van der Waals surface area contributed by atoms with Crippen LogP contribution in [0.25, 0.3) is 0 Å². The highest BCUT2D eigenvalue weighted by Gasteiger charge is 2.22. The van der Waals surface area contributed by atoms with Crippen molar-refractivity contribution in [2.45, 2.75) is 6.54 Å². The van der Waals surface area contributed by atoms with Gasteiger partial charge in [-0.25, -0.2) is 4.98 Å². The molecule has 1 amide bonds. The lowest BCUT2D eigenvalue weighted by molar-refractivity contribution is -0.132. The highest BCUT2D eigenvalue weighted by atomic mass is 35.5. The van der Waals surface area contributed by atoms with Gasteiger partial charge in [0, 0.05) is 43.9 Å². The van der Waals surface area contributed by atoms with E-state index in [4.69, 9.17) is 11.6 Å². The maximum atomic E-state index is 12.5. The average molecular weight is 359 g/mol. The van der Waals surface area contributed by atoms with E-state index in [2.05, 4.69) is 9.88 Å². The fourth-order valence-corrected chi connectivity index (χ4v) is 3.14. The number of piperazine rings is 1. The first kappa shape index (κ1) is 17.7. The summed E-state index contributed by atoms with van der Waals surface area (Å²) in [6, 6.07) is 13.7. The fraction of sp³-hybridized carbons (Fsp3) is 0.368. The zero-order valence-corrected chi connectivity index (χ0v) is 15.2. The molecule has 6 heteroatoms. The van der Waals surface area contributed by atoms with E-state index in [0.717, 1.165) is 49.1 Å². The van der Waals surface area contributed by atoms with Gasteiger partial charge in [0.15, 0.2) is 0 Å². The third-order valence-electron chi connectivity index (χ3n) is 4.38. The van der Waals surface area contributed by atoms with Crippen LogP contribution < -0.4 is 4.90 Å². The van der Waals surface area contributed by atoms with Crippen molar-refractivity contribution in [1.82, 2.24) is 14.8 Å². The number of carbonyl (C=O) groups is 1. The van der Waals surface area contributed by atoms with Gasteiger partial charge in [0.2, 0.25) is 5.91 Å². The summed E-state index contributed by atoms with van der Waals surface area (Å²) in [6.45, 7) is 4.28. The highest BCUT2D eigenvalue weighted by Crippen LogP contribution is 2.13. The van der Waals surface area contributed by atoms with Crippen LogP contribution in [0.15, 0.2) is 48.7 Å². The van der Waals surface area contributed by atoms with Gasteiger partial charge in [0.25, 0.3) is 0 Å². The van der Waals surface area contributed by atoms with E-state index in [0.29, 0.717) is 6.54 Å². The predicted molar refractivity (Wildman–Crippen MR) is 101 cm³/mol. The molecule has 0 unspecified atom stereocenters. The number of rotatable bonds is 5. The SMILES string of the molecule is CN(CC(=O)N1CCN(c2ccccn2)CC1)Cc1ccc(Cl)cc1. The molecule has 0 aliphatic carbocycles. The highest BCUT2D eigenvalue weighted by molar-refractivity contribution is 6.30. The third kappa shape index (κ3) is 4.94. The summed E-state index contributed by atoms with van der Waals surface area (Å²) >= 11 is 5.91. The van der Waals surface area contributed by atoms with Crippen LogP contribution in [-0.2, 0) is 11.3 Å². The molecule has 1 aromatic carbocycles. The minimum atomic E-state index is 0.178. The fourth-order valence-electron chi connectivity index (χ4n) is 3.01. The van der Waals surface area contributed by atoms with Crippen molar-refractivity contribution >= 4 is 23.3 Å². The van der Waals surface area contributed by atoms with Crippen molar-refractivity contribution in [3.05, 3.63) is 59.2 Å². The van der Waals surface area contributed by atoms with Gasteiger partial charge in [-0.1, -0.05) is 29.8 Å². The molecule has 1 fully saturated rings. The van der Waals surface area contributed by atoms with Gasteiger partial charge >= 0.3 is 0 Å². The van der Waals surface area contributed by atoms with Crippen molar-refractivity contribution in [1.29, 1.82) is 0 Å². The standard InChI is InChI=1S/C19H23ClN4O/c1-22(14-16-5-7-17(20)8-6-16)15-19(25)24-12-10-23(11-13-24)18-4-2-3-9-21-18/h2-9H,10-15H2,1H3. The maximum absolute atomic E-state index is 12.5. The Morgan fingerprint density at radius 1 is 1.12 bits per heavy atom. The molecule has 1 saturated heterocycles. The number of anilines is 1. The van der Waals surface area contributed by atoms with Crippen molar-refractivity contribution in [2.24, 2.45) is 0 Å². The summed E-state index contributed by atoms with van der Waals surface area (Å²) in [5.41, 5.74) is 1.15. The molecule has 0 spiro atoms. The number of benzene rings is 1. The summed E-state index contributed by atoms with van der Waals surface area (Å²) in [6.07, 6.45) is 1.80. The van der Waals surface area contributed by atoms with E-state index in [1.807, 2.05) is 59.3 Å². The summed E-state index contributed by atoms with van der Waals surface area (Å²) in [4.78, 5) is 23.1. The first-order chi connectivity index (χ1) is 12.1. The average Bonchev–Trinajstić information content (AvgIpc) is 2.64. The normalized spacial score (nSPS) is 14.8. The Morgan fingerprint density at radius 2 is 1.84 bits per heavy atom. The van der Waals surface area contributed by atoms with Crippen LogP contribution in [-0.4, -0.2) is 60.5 Å². The zero-order valence-electron chi connectivity index (χ0n) is 14.4. The van der Waals surface area contributed by atoms with Crippen LogP contribution in [0.4, 0.5) is 5.82 Å². The van der Waals surface area contributed by atoms with Crippen molar-refractivity contribution in [3.8, 4) is 0 Å². The Labute approximate surface area is 153 Å². The van der Waals surface area contributed by atoms with Gasteiger partial charge in [0.05, 0.1) is 6.54 Å². The lowest BCUT2D eigenvalue weighted by atomic mass is 10.2. The topological polar surface area (TPSA) is 39.7 Å². The van der Waals surface area contributed by atoms with E-state index in [-0.39, 0.29) is 5.91 Å². The summed E-state index contributed by atoms with van der Waals surface area (Å²) < 4.78 is 0. The predicted octanol–water partition coefficient (Wildman–Crippen LogP) is 2.52. The molecule has 0 saturated carbocycles. The molecule has 2 aromatic rings. The monoisotopic (exact) mass is 358 g/mol. The summed E-state index contributed by atoms with van der Waals surface area (Å²) in [7, 11) is 1.97. The number of halogens is 1. The number of pyridine rings is 1. The van der Waals surface area contributed by atoms with E-state index in [1.165, 1.54) is 0 Å². The molecule has 1 aliphatic rings. The van der Waals surface area contributed by atoms with Crippen molar-refractivity contribution in [2.75, 3.05) is 44.7 Å². The molecule has 0 radical (unpaired) electrons. The molecule has 25 heavy (non-hydrogen) atoms. The van der Waals surface area contributed by atoms with Gasteiger partial charge in [0.1, 0.15) is 5.82 Å². The zero-order chi connectivity index (χ0) is 17.6. The van der Waals surface area contributed by atoms with Crippen molar-refractivity contribution in [3.63, 3.8) is 0 Å². The Kier molecular flexibility index (Phi) is 5.89.